The van der Waals surface area contributed by atoms with Crippen molar-refractivity contribution in [2.45, 2.75) is 24.9 Å². The van der Waals surface area contributed by atoms with Gasteiger partial charge in [0.05, 0.1) is 19.2 Å². The van der Waals surface area contributed by atoms with Gasteiger partial charge in [-0.25, -0.2) is 0 Å². The molecule has 0 unspecified atom stereocenters. The first-order valence-electron chi connectivity index (χ1n) is 9.44. The van der Waals surface area contributed by atoms with Crippen LogP contribution in [0.5, 0.6) is 0 Å². The molecule has 0 spiro atoms. The highest BCUT2D eigenvalue weighted by atomic mass is 16.2. The third-order valence-corrected chi connectivity index (χ3v) is 5.45. The molecule has 1 aromatic carbocycles. The number of piperazine rings is 1. The number of nitrogens with zero attached hydrogens (tertiary/aromatic N) is 4. The minimum Gasteiger partial charge on any atom is -0.343 e. The van der Waals surface area contributed by atoms with Crippen molar-refractivity contribution in [3.8, 4) is 6.07 Å². The van der Waals surface area contributed by atoms with E-state index < -0.39 is 5.54 Å². The molecule has 0 radical (unpaired) electrons. The molecule has 3 rings (SSSR count). The van der Waals surface area contributed by atoms with Crippen LogP contribution in [0.25, 0.3) is 0 Å². The Hall–Kier alpha value is -2.43. The molecule has 0 aliphatic carbocycles. The summed E-state index contributed by atoms with van der Waals surface area (Å²) in [5.41, 5.74) is 0.451. The van der Waals surface area contributed by atoms with E-state index >= 15 is 0 Å². The van der Waals surface area contributed by atoms with Crippen molar-refractivity contribution >= 4 is 11.8 Å². The van der Waals surface area contributed by atoms with E-state index in [9.17, 15) is 14.9 Å². The Morgan fingerprint density at radius 1 is 1.15 bits per heavy atom. The van der Waals surface area contributed by atoms with Crippen molar-refractivity contribution in [1.29, 1.82) is 5.26 Å². The number of nitrogens with one attached hydrogen (secondary N) is 1. The number of carbonyl (C=O) groups is 2. The highest BCUT2D eigenvalue weighted by molar-refractivity contribution is 5.82. The fourth-order valence-corrected chi connectivity index (χ4v) is 3.65. The largest absolute Gasteiger partial charge is 0.343 e. The van der Waals surface area contributed by atoms with Gasteiger partial charge in [-0.15, -0.1) is 0 Å². The predicted molar refractivity (Wildman–Crippen MR) is 102 cm³/mol. The monoisotopic (exact) mass is 369 g/mol. The predicted octanol–water partition coefficient (Wildman–Crippen LogP) is 0.435. The molecule has 0 saturated carbocycles. The number of benzene rings is 1. The number of carbonyl (C=O) groups excluding carboxylic acids is 2. The lowest BCUT2D eigenvalue weighted by molar-refractivity contribution is -0.135. The van der Waals surface area contributed by atoms with Crippen molar-refractivity contribution in [3.63, 3.8) is 0 Å². The van der Waals surface area contributed by atoms with E-state index in [2.05, 4.69) is 28.4 Å². The number of likely N-dealkylation sites (N-methyl/N-ethyl adjacent to an activating group) is 1. The van der Waals surface area contributed by atoms with E-state index in [-0.39, 0.29) is 24.9 Å². The zero-order chi connectivity index (χ0) is 19.3. The number of hydrogen-bond acceptors (Lipinski definition) is 5. The molecule has 2 aliphatic rings. The van der Waals surface area contributed by atoms with Gasteiger partial charge in [0, 0.05) is 39.8 Å². The van der Waals surface area contributed by atoms with Crippen LogP contribution in [0, 0.1) is 11.3 Å². The van der Waals surface area contributed by atoms with Crippen LogP contribution in [-0.2, 0) is 16.1 Å². The standard InChI is InChI=1S/C20H27N5O2/c1-23-11-12-25(15-19(23)27)14-18(26)22-20(16-21)7-9-24(10-8-20)13-17-5-3-2-4-6-17/h2-6H,7-15H2,1H3,(H,22,26). The quantitative estimate of drug-likeness (QED) is 0.815. The molecule has 1 aromatic rings. The van der Waals surface area contributed by atoms with Crippen molar-refractivity contribution in [2.75, 3.05) is 46.3 Å². The maximum Gasteiger partial charge on any atom is 0.236 e. The summed E-state index contributed by atoms with van der Waals surface area (Å²) in [7, 11) is 1.77. The Bertz CT molecular complexity index is 707. The van der Waals surface area contributed by atoms with Crippen molar-refractivity contribution in [2.24, 2.45) is 0 Å². The molecule has 0 atom stereocenters. The van der Waals surface area contributed by atoms with E-state index in [0.717, 1.165) is 19.6 Å². The molecule has 2 aliphatic heterocycles. The minimum atomic E-state index is -0.805. The highest BCUT2D eigenvalue weighted by Gasteiger charge is 2.36. The van der Waals surface area contributed by atoms with E-state index in [1.807, 2.05) is 23.1 Å². The Balaban J connectivity index is 1.49. The molecule has 2 heterocycles. The minimum absolute atomic E-state index is 0.0262. The molecule has 27 heavy (non-hydrogen) atoms. The van der Waals surface area contributed by atoms with Crippen molar-refractivity contribution in [1.82, 2.24) is 20.0 Å². The van der Waals surface area contributed by atoms with Gasteiger partial charge < -0.3 is 10.2 Å². The van der Waals surface area contributed by atoms with Gasteiger partial charge in [-0.2, -0.15) is 5.26 Å². The number of amides is 2. The molecule has 2 saturated heterocycles. The molecule has 1 N–H and O–H groups in total. The summed E-state index contributed by atoms with van der Waals surface area (Å²) >= 11 is 0. The zero-order valence-corrected chi connectivity index (χ0v) is 15.9. The number of nitriles is 1. The Kier molecular flexibility index (Phi) is 6.09. The molecular weight excluding hydrogens is 342 g/mol. The Morgan fingerprint density at radius 2 is 1.85 bits per heavy atom. The maximum absolute atomic E-state index is 12.5. The summed E-state index contributed by atoms with van der Waals surface area (Å²) in [5.74, 6) is -0.149. The van der Waals surface area contributed by atoms with Crippen LogP contribution in [-0.4, -0.2) is 78.4 Å². The van der Waals surface area contributed by atoms with Gasteiger partial charge >= 0.3 is 0 Å². The highest BCUT2D eigenvalue weighted by Crippen LogP contribution is 2.23. The van der Waals surface area contributed by atoms with Gasteiger partial charge in [0.15, 0.2) is 0 Å². The number of hydrogen-bond donors (Lipinski definition) is 1. The summed E-state index contributed by atoms with van der Waals surface area (Å²) in [6.07, 6.45) is 1.23. The summed E-state index contributed by atoms with van der Waals surface area (Å²) in [6.45, 7) is 4.14. The SMILES string of the molecule is CN1CCN(CC(=O)NC2(C#N)CCN(Cc3ccccc3)CC2)CC1=O. The second-order valence-corrected chi connectivity index (χ2v) is 7.53. The summed E-state index contributed by atoms with van der Waals surface area (Å²) in [6, 6.07) is 12.6. The molecule has 0 aromatic heterocycles. The van der Waals surface area contributed by atoms with Crippen LogP contribution in [0.4, 0.5) is 0 Å². The molecule has 7 nitrogen and oxygen atoms in total. The molecular formula is C20H27N5O2. The smallest absolute Gasteiger partial charge is 0.236 e. The molecule has 144 valence electrons. The van der Waals surface area contributed by atoms with Gasteiger partial charge in [-0.05, 0) is 18.4 Å². The fraction of sp³-hybridized carbons (Fsp3) is 0.550. The second kappa shape index (κ2) is 8.51. The molecule has 2 fully saturated rings. The number of rotatable bonds is 5. The van der Waals surface area contributed by atoms with Crippen LogP contribution in [0.1, 0.15) is 18.4 Å². The average Bonchev–Trinajstić information content (AvgIpc) is 2.67. The lowest BCUT2D eigenvalue weighted by atomic mass is 9.88. The zero-order valence-electron chi connectivity index (χ0n) is 15.9. The second-order valence-electron chi connectivity index (χ2n) is 7.53. The van der Waals surface area contributed by atoms with E-state index in [4.69, 9.17) is 0 Å². The maximum atomic E-state index is 12.5. The van der Waals surface area contributed by atoms with Crippen LogP contribution < -0.4 is 5.32 Å². The van der Waals surface area contributed by atoms with Crippen LogP contribution in [0.2, 0.25) is 0 Å². The van der Waals surface area contributed by atoms with E-state index in [0.29, 0.717) is 25.9 Å². The van der Waals surface area contributed by atoms with E-state index in [1.165, 1.54) is 5.56 Å². The molecule has 2 amide bonds. The topological polar surface area (TPSA) is 79.7 Å². The first-order valence-corrected chi connectivity index (χ1v) is 9.44. The summed E-state index contributed by atoms with van der Waals surface area (Å²) in [4.78, 5) is 30.1. The average molecular weight is 369 g/mol. The van der Waals surface area contributed by atoms with Gasteiger partial charge in [0.1, 0.15) is 5.54 Å². The first-order chi connectivity index (χ1) is 13.0. The van der Waals surface area contributed by atoms with Gasteiger partial charge in [-0.3, -0.25) is 19.4 Å². The van der Waals surface area contributed by atoms with Crippen molar-refractivity contribution < 1.29 is 9.59 Å². The third-order valence-electron chi connectivity index (χ3n) is 5.45. The number of piperidine rings is 1. The summed E-state index contributed by atoms with van der Waals surface area (Å²) < 4.78 is 0. The Morgan fingerprint density at radius 3 is 2.48 bits per heavy atom. The normalized spacial score (nSPS) is 20.9. The van der Waals surface area contributed by atoms with Crippen LogP contribution in [0.3, 0.4) is 0 Å². The van der Waals surface area contributed by atoms with Gasteiger partial charge in [-0.1, -0.05) is 30.3 Å². The lowest BCUT2D eigenvalue weighted by Gasteiger charge is -2.38. The first kappa shape index (κ1) is 19.3. The lowest BCUT2D eigenvalue weighted by Crippen LogP contribution is -2.57. The van der Waals surface area contributed by atoms with Gasteiger partial charge in [0.25, 0.3) is 0 Å². The fourth-order valence-electron chi connectivity index (χ4n) is 3.65. The summed E-state index contributed by atoms with van der Waals surface area (Å²) in [5, 5.41) is 12.6. The van der Waals surface area contributed by atoms with Crippen LogP contribution in [0.15, 0.2) is 30.3 Å². The third kappa shape index (κ3) is 5.06. The Labute approximate surface area is 160 Å². The molecule has 0 bridgehead atoms. The van der Waals surface area contributed by atoms with Crippen molar-refractivity contribution in [3.05, 3.63) is 35.9 Å². The van der Waals surface area contributed by atoms with Crippen LogP contribution >= 0.6 is 0 Å². The number of likely N-dealkylation sites (tertiary alicyclic amines) is 1. The van der Waals surface area contributed by atoms with E-state index in [1.54, 1.807) is 11.9 Å². The van der Waals surface area contributed by atoms with Gasteiger partial charge in [0.2, 0.25) is 11.8 Å². The molecule has 7 heteroatoms.